The molecule has 0 saturated heterocycles. The number of benzene rings is 1. The van der Waals surface area contributed by atoms with Crippen LogP contribution in [0.3, 0.4) is 0 Å². The first-order chi connectivity index (χ1) is 6.43. The summed E-state index contributed by atoms with van der Waals surface area (Å²) in [6, 6.07) is 9.32. The Hall–Kier alpha value is -0.880. The van der Waals surface area contributed by atoms with Gasteiger partial charge in [-0.1, -0.05) is 30.3 Å². The molecule has 0 fully saturated rings. The monoisotopic (exact) mass is 210 g/mol. The molecule has 0 spiro atoms. The summed E-state index contributed by atoms with van der Waals surface area (Å²) >= 11 is 0. The Labute approximate surface area is 84.7 Å². The third-order valence-corrected chi connectivity index (χ3v) is 4.03. The maximum atomic E-state index is 11.9. The van der Waals surface area contributed by atoms with Crippen LogP contribution in [0.5, 0.6) is 0 Å². The predicted octanol–water partition coefficient (Wildman–Crippen LogP) is 2.94. The van der Waals surface area contributed by atoms with Gasteiger partial charge in [0, 0.05) is 0 Å². The van der Waals surface area contributed by atoms with Gasteiger partial charge in [0.1, 0.15) is 5.78 Å². The number of hydrogen-bond acceptors (Lipinski definition) is 2. The van der Waals surface area contributed by atoms with Gasteiger partial charge in [0.05, 0.1) is 12.8 Å². The SMILES string of the molecule is CC(=O)C(c1ccccc1)P(C)(C)=O. The number of Topliss-reactive ketones (excluding diaryl/α,β-unsaturated/α-hetero) is 1. The van der Waals surface area contributed by atoms with E-state index < -0.39 is 12.8 Å². The van der Waals surface area contributed by atoms with Crippen LogP contribution in [0.4, 0.5) is 0 Å². The molecule has 0 aliphatic rings. The molecule has 1 rings (SSSR count). The number of carbonyl (C=O) groups is 1. The highest BCUT2D eigenvalue weighted by Crippen LogP contribution is 2.52. The van der Waals surface area contributed by atoms with E-state index in [1.165, 1.54) is 6.92 Å². The Balaban J connectivity index is 3.15. The fourth-order valence-corrected chi connectivity index (χ4v) is 3.43. The zero-order valence-electron chi connectivity index (χ0n) is 8.73. The van der Waals surface area contributed by atoms with Gasteiger partial charge in [-0.15, -0.1) is 0 Å². The van der Waals surface area contributed by atoms with Gasteiger partial charge in [0.2, 0.25) is 0 Å². The van der Waals surface area contributed by atoms with Crippen molar-refractivity contribution in [3.63, 3.8) is 0 Å². The molecule has 0 N–H and O–H groups in total. The van der Waals surface area contributed by atoms with Crippen LogP contribution in [0.1, 0.15) is 18.1 Å². The molecule has 3 heteroatoms. The first-order valence-electron chi connectivity index (χ1n) is 4.53. The van der Waals surface area contributed by atoms with Gasteiger partial charge in [-0.2, -0.15) is 0 Å². The molecule has 0 aromatic heterocycles. The van der Waals surface area contributed by atoms with Gasteiger partial charge >= 0.3 is 0 Å². The van der Waals surface area contributed by atoms with Crippen LogP contribution >= 0.6 is 7.14 Å². The topological polar surface area (TPSA) is 34.1 Å². The normalized spacial score (nSPS) is 13.6. The first-order valence-corrected chi connectivity index (χ1v) is 7.20. The minimum Gasteiger partial charge on any atom is -0.323 e. The second-order valence-electron chi connectivity index (χ2n) is 3.86. The van der Waals surface area contributed by atoms with Crippen LogP contribution in [-0.2, 0) is 9.36 Å². The number of carbonyl (C=O) groups excluding carboxylic acids is 1. The summed E-state index contributed by atoms with van der Waals surface area (Å²) in [5, 5.41) is 0. The average molecular weight is 210 g/mol. The van der Waals surface area contributed by atoms with E-state index in [-0.39, 0.29) is 5.78 Å². The van der Waals surface area contributed by atoms with Gasteiger partial charge in [-0.25, -0.2) is 0 Å². The first kappa shape index (κ1) is 11.2. The lowest BCUT2D eigenvalue weighted by molar-refractivity contribution is -0.116. The highest BCUT2D eigenvalue weighted by Gasteiger charge is 2.28. The van der Waals surface area contributed by atoms with E-state index in [2.05, 4.69) is 0 Å². The van der Waals surface area contributed by atoms with E-state index >= 15 is 0 Å². The summed E-state index contributed by atoms with van der Waals surface area (Å²) in [4.78, 5) is 11.4. The lowest BCUT2D eigenvalue weighted by Crippen LogP contribution is -2.08. The van der Waals surface area contributed by atoms with Crippen LogP contribution in [0.2, 0.25) is 0 Å². The highest BCUT2D eigenvalue weighted by molar-refractivity contribution is 7.63. The van der Waals surface area contributed by atoms with Crippen LogP contribution in [0, 0.1) is 0 Å². The zero-order valence-corrected chi connectivity index (χ0v) is 9.62. The Bertz CT molecular complexity index is 364. The van der Waals surface area contributed by atoms with Crippen molar-refractivity contribution < 1.29 is 9.36 Å². The Morgan fingerprint density at radius 3 is 2.07 bits per heavy atom. The largest absolute Gasteiger partial charge is 0.323 e. The van der Waals surface area contributed by atoms with Crippen LogP contribution in [0.15, 0.2) is 30.3 Å². The van der Waals surface area contributed by atoms with E-state index in [1.54, 1.807) is 13.3 Å². The predicted molar refractivity (Wildman–Crippen MR) is 59.3 cm³/mol. The van der Waals surface area contributed by atoms with Crippen molar-refractivity contribution in [1.29, 1.82) is 0 Å². The van der Waals surface area contributed by atoms with Crippen LogP contribution in [0.25, 0.3) is 0 Å². The molecule has 0 bridgehead atoms. The van der Waals surface area contributed by atoms with Crippen molar-refractivity contribution in [2.75, 3.05) is 13.3 Å². The van der Waals surface area contributed by atoms with Crippen molar-refractivity contribution in [3.05, 3.63) is 35.9 Å². The molecule has 1 unspecified atom stereocenters. The summed E-state index contributed by atoms with van der Waals surface area (Å²) in [6.07, 6.45) is 0. The molecule has 0 saturated carbocycles. The Morgan fingerprint density at radius 2 is 1.71 bits per heavy atom. The van der Waals surface area contributed by atoms with Crippen molar-refractivity contribution >= 4 is 12.9 Å². The standard InChI is InChI=1S/C11H15O2P/c1-9(12)11(14(2,3)13)10-7-5-4-6-8-10/h4-8,11H,1-3H3. The van der Waals surface area contributed by atoms with Gasteiger partial charge in [0.15, 0.2) is 0 Å². The zero-order chi connectivity index (χ0) is 10.8. The molecule has 1 atom stereocenters. The van der Waals surface area contributed by atoms with Crippen molar-refractivity contribution in [3.8, 4) is 0 Å². The molecule has 1 aromatic carbocycles. The quantitative estimate of drug-likeness (QED) is 0.719. The van der Waals surface area contributed by atoms with Gasteiger partial charge in [-0.3, -0.25) is 4.79 Å². The highest BCUT2D eigenvalue weighted by atomic mass is 31.2. The van der Waals surface area contributed by atoms with E-state index in [0.717, 1.165) is 5.56 Å². The third-order valence-electron chi connectivity index (χ3n) is 2.12. The lowest BCUT2D eigenvalue weighted by atomic mass is 10.1. The van der Waals surface area contributed by atoms with Crippen molar-refractivity contribution in [1.82, 2.24) is 0 Å². The van der Waals surface area contributed by atoms with E-state index in [1.807, 2.05) is 30.3 Å². The van der Waals surface area contributed by atoms with Crippen molar-refractivity contribution in [2.24, 2.45) is 0 Å². The smallest absolute Gasteiger partial charge is 0.144 e. The fourth-order valence-electron chi connectivity index (χ4n) is 1.67. The molecule has 76 valence electrons. The average Bonchev–Trinajstić information content (AvgIpc) is 2.02. The molecule has 0 amide bonds. The molecule has 0 radical (unpaired) electrons. The van der Waals surface area contributed by atoms with Gasteiger partial charge in [-0.05, 0) is 25.8 Å². The second-order valence-corrected chi connectivity index (χ2v) is 7.24. The number of hydrogen-bond donors (Lipinski definition) is 0. The van der Waals surface area contributed by atoms with Gasteiger partial charge in [0.25, 0.3) is 0 Å². The maximum Gasteiger partial charge on any atom is 0.144 e. The van der Waals surface area contributed by atoms with Crippen LogP contribution in [-0.4, -0.2) is 19.1 Å². The van der Waals surface area contributed by atoms with E-state index in [4.69, 9.17) is 0 Å². The van der Waals surface area contributed by atoms with Crippen LogP contribution < -0.4 is 0 Å². The van der Waals surface area contributed by atoms with Gasteiger partial charge < -0.3 is 4.57 Å². The Morgan fingerprint density at radius 1 is 1.21 bits per heavy atom. The summed E-state index contributed by atoms with van der Waals surface area (Å²) in [6.45, 7) is 4.81. The summed E-state index contributed by atoms with van der Waals surface area (Å²) < 4.78 is 11.9. The summed E-state index contributed by atoms with van der Waals surface area (Å²) in [5.41, 5.74) is 0.414. The molecule has 1 aromatic rings. The molecule has 0 aliphatic heterocycles. The summed E-state index contributed by atoms with van der Waals surface area (Å²) in [5.74, 6) is -0.0236. The molecular formula is C11H15O2P. The molecule has 14 heavy (non-hydrogen) atoms. The molecule has 2 nitrogen and oxygen atoms in total. The number of ketones is 1. The third kappa shape index (κ3) is 2.55. The Kier molecular flexibility index (Phi) is 3.28. The van der Waals surface area contributed by atoms with E-state index in [0.29, 0.717) is 0 Å². The van der Waals surface area contributed by atoms with Crippen molar-refractivity contribution in [2.45, 2.75) is 12.6 Å². The summed E-state index contributed by atoms with van der Waals surface area (Å²) in [7, 11) is -2.40. The minimum absolute atomic E-state index is 0.0236. The maximum absolute atomic E-state index is 11.9. The molecule has 0 aliphatic carbocycles. The molecular weight excluding hydrogens is 195 g/mol. The molecule has 0 heterocycles. The lowest BCUT2D eigenvalue weighted by Gasteiger charge is -2.18. The fraction of sp³-hybridized carbons (Fsp3) is 0.364. The number of rotatable bonds is 3. The minimum atomic E-state index is -2.40. The second kappa shape index (κ2) is 4.10. The van der Waals surface area contributed by atoms with E-state index in [9.17, 15) is 9.36 Å².